The lowest BCUT2D eigenvalue weighted by Crippen LogP contribution is -2.09. The highest BCUT2D eigenvalue weighted by atomic mass is 35.5. The minimum atomic E-state index is 0.727. The number of nitrogens with zero attached hydrogens (tertiary/aromatic N) is 2. The molecule has 0 aliphatic heterocycles. The highest BCUT2D eigenvalue weighted by molar-refractivity contribution is 6.34. The summed E-state index contributed by atoms with van der Waals surface area (Å²) in [4.78, 5) is 4.01. The molecule has 0 heterocycles. The lowest BCUT2D eigenvalue weighted by Gasteiger charge is -2.18. The van der Waals surface area contributed by atoms with E-state index in [4.69, 9.17) is 23.2 Å². The van der Waals surface area contributed by atoms with E-state index in [1.165, 1.54) is 0 Å². The van der Waals surface area contributed by atoms with E-state index in [0.717, 1.165) is 38.1 Å². The van der Waals surface area contributed by atoms with E-state index >= 15 is 0 Å². The van der Waals surface area contributed by atoms with Crippen LogP contribution in [0.4, 0.5) is 11.4 Å². The number of hydrogen-bond donors (Lipinski definition) is 0. The van der Waals surface area contributed by atoms with Gasteiger partial charge >= 0.3 is 0 Å². The fraction of sp³-hybridized carbons (Fsp3) is 0.238. The summed E-state index contributed by atoms with van der Waals surface area (Å²) >= 11 is 12.9. The topological polar surface area (TPSA) is 6.48 Å². The van der Waals surface area contributed by atoms with E-state index in [1.807, 2.05) is 81.3 Å². The Kier molecular flexibility index (Phi) is 6.57. The molecule has 0 spiro atoms. The molecule has 4 heteroatoms. The zero-order valence-corrected chi connectivity index (χ0v) is 16.9. The first kappa shape index (κ1) is 19.4. The van der Waals surface area contributed by atoms with Gasteiger partial charge in [0, 0.05) is 28.2 Å². The van der Waals surface area contributed by atoms with Crippen LogP contribution in [-0.2, 0) is 0 Å². The van der Waals surface area contributed by atoms with Crippen molar-refractivity contribution < 1.29 is 0 Å². The van der Waals surface area contributed by atoms with Crippen LogP contribution >= 0.6 is 23.2 Å². The molecule has 0 atom stereocenters. The molecule has 0 aliphatic rings. The van der Waals surface area contributed by atoms with Crippen molar-refractivity contribution in [1.82, 2.24) is 0 Å². The van der Waals surface area contributed by atoms with Gasteiger partial charge in [-0.25, -0.2) is 0 Å². The average molecular weight is 375 g/mol. The summed E-state index contributed by atoms with van der Waals surface area (Å²) in [6.07, 6.45) is 6.12. The molecule has 0 aliphatic carbocycles. The van der Waals surface area contributed by atoms with Crippen molar-refractivity contribution in [2.24, 2.45) is 0 Å². The van der Waals surface area contributed by atoms with Gasteiger partial charge in [-0.3, -0.25) is 0 Å². The van der Waals surface area contributed by atoms with Crippen molar-refractivity contribution in [3.63, 3.8) is 0 Å². The van der Waals surface area contributed by atoms with E-state index in [2.05, 4.69) is 18.2 Å². The summed E-state index contributed by atoms with van der Waals surface area (Å²) in [6.45, 7) is 2.00. The number of benzene rings is 2. The van der Waals surface area contributed by atoms with Crippen molar-refractivity contribution in [1.29, 1.82) is 0 Å². The van der Waals surface area contributed by atoms with E-state index in [0.29, 0.717) is 0 Å². The van der Waals surface area contributed by atoms with Gasteiger partial charge in [-0.1, -0.05) is 53.6 Å². The first-order valence-corrected chi connectivity index (χ1v) is 8.88. The predicted octanol–water partition coefficient (Wildman–Crippen LogP) is 6.13. The molecule has 132 valence electrons. The predicted molar refractivity (Wildman–Crippen MR) is 113 cm³/mol. The normalized spacial score (nSPS) is 10.8. The molecule has 2 nitrogen and oxygen atoms in total. The van der Waals surface area contributed by atoms with Crippen LogP contribution in [0.2, 0.25) is 10.0 Å². The molecule has 25 heavy (non-hydrogen) atoms. The Labute approximate surface area is 161 Å². The van der Waals surface area contributed by atoms with Gasteiger partial charge in [0.2, 0.25) is 0 Å². The van der Waals surface area contributed by atoms with Crippen molar-refractivity contribution in [2.75, 3.05) is 38.0 Å². The van der Waals surface area contributed by atoms with Gasteiger partial charge in [-0.2, -0.15) is 0 Å². The number of hydrogen-bond acceptors (Lipinski definition) is 2. The summed E-state index contributed by atoms with van der Waals surface area (Å²) in [5.41, 5.74) is 5.19. The second kappa shape index (κ2) is 8.46. The molecule has 0 N–H and O–H groups in total. The number of anilines is 2. The average Bonchev–Trinajstić information content (AvgIpc) is 2.54. The fourth-order valence-corrected chi connectivity index (χ4v) is 3.32. The molecule has 2 aromatic carbocycles. The number of halogens is 2. The van der Waals surface area contributed by atoms with E-state index in [9.17, 15) is 0 Å². The van der Waals surface area contributed by atoms with Crippen molar-refractivity contribution in [3.05, 3.63) is 75.8 Å². The molecule has 0 fully saturated rings. The molecule has 0 bridgehead atoms. The SMILES string of the molecule is CC=CC=C(c1ccc(N(C)C)c(Cl)c1)c1ccc(N(C)C)c(Cl)c1. The molecule has 2 rings (SSSR count). The molecule has 0 unspecified atom stereocenters. The second-order valence-corrected chi connectivity index (χ2v) is 7.04. The maximum absolute atomic E-state index is 6.47. The van der Waals surface area contributed by atoms with Gasteiger partial charge in [0.15, 0.2) is 0 Å². The minimum Gasteiger partial charge on any atom is -0.376 e. The maximum atomic E-state index is 6.47. The van der Waals surface area contributed by atoms with E-state index in [-0.39, 0.29) is 0 Å². The van der Waals surface area contributed by atoms with Crippen LogP contribution in [0.15, 0.2) is 54.6 Å². The summed E-state index contributed by atoms with van der Waals surface area (Å²) in [5, 5.41) is 1.45. The van der Waals surface area contributed by atoms with Crippen LogP contribution in [-0.4, -0.2) is 28.2 Å². The molecule has 0 saturated carbocycles. The molecule has 2 aromatic rings. The lowest BCUT2D eigenvalue weighted by molar-refractivity contribution is 1.13. The number of allylic oxidation sites excluding steroid dienone is 3. The van der Waals surface area contributed by atoms with E-state index in [1.54, 1.807) is 0 Å². The highest BCUT2D eigenvalue weighted by Gasteiger charge is 2.11. The van der Waals surface area contributed by atoms with Crippen LogP contribution in [0, 0.1) is 0 Å². The monoisotopic (exact) mass is 374 g/mol. The van der Waals surface area contributed by atoms with Crippen LogP contribution in [0.1, 0.15) is 18.1 Å². The third-order valence-electron chi connectivity index (χ3n) is 3.94. The van der Waals surface area contributed by atoms with Gasteiger partial charge in [0.25, 0.3) is 0 Å². The second-order valence-electron chi connectivity index (χ2n) is 6.23. The maximum Gasteiger partial charge on any atom is 0.0645 e. The summed E-state index contributed by atoms with van der Waals surface area (Å²) in [6, 6.07) is 12.3. The summed E-state index contributed by atoms with van der Waals surface area (Å²) < 4.78 is 0. The third kappa shape index (κ3) is 4.59. The van der Waals surface area contributed by atoms with Gasteiger partial charge < -0.3 is 9.80 Å². The molecule has 0 saturated heterocycles. The Bertz CT molecular complexity index is 746. The lowest BCUT2D eigenvalue weighted by atomic mass is 9.96. The minimum absolute atomic E-state index is 0.727. The van der Waals surface area contributed by atoms with Gasteiger partial charge in [0.1, 0.15) is 0 Å². The van der Waals surface area contributed by atoms with Crippen LogP contribution in [0.25, 0.3) is 5.57 Å². The first-order chi connectivity index (χ1) is 11.8. The standard InChI is InChI=1S/C21H24Cl2N2/c1-6-7-8-17(15-9-11-20(24(2)3)18(22)13-15)16-10-12-21(25(4)5)19(23)14-16/h6-14H,1-5H3. The zero-order valence-electron chi connectivity index (χ0n) is 15.3. The first-order valence-electron chi connectivity index (χ1n) is 8.12. The Balaban J connectivity index is 2.55. The zero-order chi connectivity index (χ0) is 18.6. The van der Waals surface area contributed by atoms with Crippen molar-refractivity contribution >= 4 is 40.1 Å². The van der Waals surface area contributed by atoms with Gasteiger partial charge in [-0.05, 0) is 47.9 Å². The fourth-order valence-electron chi connectivity index (χ4n) is 2.63. The molecular formula is C21H24Cl2N2. The largest absolute Gasteiger partial charge is 0.376 e. The van der Waals surface area contributed by atoms with Gasteiger partial charge in [0.05, 0.1) is 21.4 Å². The van der Waals surface area contributed by atoms with E-state index < -0.39 is 0 Å². The Morgan fingerprint density at radius 1 is 0.800 bits per heavy atom. The highest BCUT2D eigenvalue weighted by Crippen LogP contribution is 2.34. The third-order valence-corrected chi connectivity index (χ3v) is 4.54. The molecule has 0 aromatic heterocycles. The van der Waals surface area contributed by atoms with Crippen molar-refractivity contribution in [2.45, 2.75) is 6.92 Å². The molecule has 0 amide bonds. The quantitative estimate of drug-likeness (QED) is 0.580. The summed E-state index contributed by atoms with van der Waals surface area (Å²) in [7, 11) is 7.93. The molecular weight excluding hydrogens is 351 g/mol. The van der Waals surface area contributed by atoms with Crippen molar-refractivity contribution in [3.8, 4) is 0 Å². The van der Waals surface area contributed by atoms with Crippen LogP contribution in [0.5, 0.6) is 0 Å². The molecule has 0 radical (unpaired) electrons. The Hall–Kier alpha value is -1.90. The Morgan fingerprint density at radius 2 is 1.24 bits per heavy atom. The smallest absolute Gasteiger partial charge is 0.0645 e. The van der Waals surface area contributed by atoms with Gasteiger partial charge in [-0.15, -0.1) is 0 Å². The Morgan fingerprint density at radius 3 is 1.56 bits per heavy atom. The van der Waals surface area contributed by atoms with Crippen LogP contribution < -0.4 is 9.80 Å². The summed E-state index contributed by atoms with van der Waals surface area (Å²) in [5.74, 6) is 0. The number of rotatable bonds is 5. The van der Waals surface area contributed by atoms with Crippen LogP contribution in [0.3, 0.4) is 0 Å².